The van der Waals surface area contributed by atoms with Crippen LogP contribution in [0.5, 0.6) is 0 Å². The second kappa shape index (κ2) is 8.52. The highest BCUT2D eigenvalue weighted by atomic mass is 16.5. The molecule has 1 fully saturated rings. The number of nitrogens with one attached hydrogen (secondary N) is 1. The summed E-state index contributed by atoms with van der Waals surface area (Å²) in [5.41, 5.74) is 0. The lowest BCUT2D eigenvalue weighted by Gasteiger charge is -2.20. The van der Waals surface area contributed by atoms with Crippen LogP contribution < -0.4 is 5.32 Å². The van der Waals surface area contributed by atoms with Gasteiger partial charge in [-0.1, -0.05) is 44.7 Å². The molecule has 1 aliphatic rings. The minimum atomic E-state index is 0.323. The fourth-order valence-electron chi connectivity index (χ4n) is 3.36. The molecule has 1 aromatic rings. The molecule has 1 aliphatic carbocycles. The highest BCUT2D eigenvalue weighted by Gasteiger charge is 2.26. The normalized spacial score (nSPS) is 20.1. The monoisotopic (exact) mass is 293 g/mol. The van der Waals surface area contributed by atoms with Crippen LogP contribution in [-0.2, 0) is 0 Å². The molecule has 21 heavy (non-hydrogen) atoms. The zero-order valence-electron chi connectivity index (χ0n) is 13.9. The van der Waals surface area contributed by atoms with Crippen LogP contribution in [0.25, 0.3) is 0 Å². The van der Waals surface area contributed by atoms with Crippen LogP contribution in [0.2, 0.25) is 0 Å². The van der Waals surface area contributed by atoms with Crippen LogP contribution in [0.1, 0.15) is 95.7 Å². The molecular weight excluding hydrogens is 262 g/mol. The number of hydrogen-bond donors (Lipinski definition) is 1. The lowest BCUT2D eigenvalue weighted by molar-refractivity contribution is 0.312. The van der Waals surface area contributed by atoms with E-state index in [2.05, 4.69) is 31.2 Å². The SMILES string of the molecule is CCCNC(C)C(CC)c1nc(C2CCCCCC2)no1. The van der Waals surface area contributed by atoms with Crippen molar-refractivity contribution in [2.24, 2.45) is 0 Å². The minimum absolute atomic E-state index is 0.323. The van der Waals surface area contributed by atoms with Gasteiger partial charge in [-0.15, -0.1) is 0 Å². The molecule has 0 amide bonds. The van der Waals surface area contributed by atoms with Gasteiger partial charge in [-0.3, -0.25) is 0 Å². The van der Waals surface area contributed by atoms with E-state index >= 15 is 0 Å². The Hall–Kier alpha value is -0.900. The van der Waals surface area contributed by atoms with Crippen molar-refractivity contribution >= 4 is 0 Å². The van der Waals surface area contributed by atoms with E-state index in [0.717, 1.165) is 31.1 Å². The van der Waals surface area contributed by atoms with Crippen LogP contribution in [0.4, 0.5) is 0 Å². The van der Waals surface area contributed by atoms with Crippen molar-refractivity contribution in [3.05, 3.63) is 11.7 Å². The van der Waals surface area contributed by atoms with Gasteiger partial charge in [0.2, 0.25) is 5.89 Å². The van der Waals surface area contributed by atoms with E-state index in [0.29, 0.717) is 17.9 Å². The highest BCUT2D eigenvalue weighted by Crippen LogP contribution is 2.31. The fourth-order valence-corrected chi connectivity index (χ4v) is 3.36. The van der Waals surface area contributed by atoms with E-state index in [1.165, 1.54) is 38.5 Å². The molecule has 0 aromatic carbocycles. The Morgan fingerprint density at radius 3 is 2.52 bits per heavy atom. The highest BCUT2D eigenvalue weighted by molar-refractivity contribution is 5.02. The summed E-state index contributed by atoms with van der Waals surface area (Å²) < 4.78 is 5.61. The second-order valence-electron chi connectivity index (χ2n) is 6.44. The first-order valence-corrected chi connectivity index (χ1v) is 8.83. The average Bonchev–Trinajstić information content (AvgIpc) is 2.81. The molecule has 2 rings (SSSR count). The standard InChI is InChI=1S/C17H31N3O/c1-4-12-18-13(3)15(5-2)17-19-16(20-21-17)14-10-8-6-7-9-11-14/h13-15,18H,4-12H2,1-3H3. The Labute approximate surface area is 129 Å². The van der Waals surface area contributed by atoms with Gasteiger partial charge in [0.1, 0.15) is 0 Å². The molecule has 0 bridgehead atoms. The Morgan fingerprint density at radius 2 is 1.90 bits per heavy atom. The van der Waals surface area contributed by atoms with Gasteiger partial charge in [-0.05, 0) is 39.2 Å². The summed E-state index contributed by atoms with van der Waals surface area (Å²) in [6.45, 7) is 7.66. The lowest BCUT2D eigenvalue weighted by Crippen LogP contribution is -2.32. The zero-order valence-corrected chi connectivity index (χ0v) is 13.9. The third kappa shape index (κ3) is 4.53. The Kier molecular flexibility index (Phi) is 6.68. The fraction of sp³-hybridized carbons (Fsp3) is 0.882. The Balaban J connectivity index is 2.02. The molecule has 1 aromatic heterocycles. The van der Waals surface area contributed by atoms with Crippen LogP contribution in [0, 0.1) is 0 Å². The maximum absolute atomic E-state index is 5.61. The predicted octanol–water partition coefficient (Wildman–Crippen LogP) is 4.39. The molecule has 0 aliphatic heterocycles. The summed E-state index contributed by atoms with van der Waals surface area (Å²) in [7, 11) is 0. The quantitative estimate of drug-likeness (QED) is 0.758. The zero-order chi connectivity index (χ0) is 15.1. The Morgan fingerprint density at radius 1 is 1.19 bits per heavy atom. The third-order valence-corrected chi connectivity index (χ3v) is 4.75. The van der Waals surface area contributed by atoms with Crippen LogP contribution in [-0.4, -0.2) is 22.7 Å². The maximum Gasteiger partial charge on any atom is 0.231 e. The summed E-state index contributed by atoms with van der Waals surface area (Å²) in [6, 6.07) is 0.386. The summed E-state index contributed by atoms with van der Waals surface area (Å²) in [5.74, 6) is 2.62. The van der Waals surface area contributed by atoms with E-state index in [9.17, 15) is 0 Å². The number of nitrogens with zero attached hydrogens (tertiary/aromatic N) is 2. The first-order valence-electron chi connectivity index (χ1n) is 8.83. The van der Waals surface area contributed by atoms with Gasteiger partial charge in [0, 0.05) is 12.0 Å². The van der Waals surface area contributed by atoms with Crippen LogP contribution in [0.3, 0.4) is 0 Å². The molecule has 4 nitrogen and oxygen atoms in total. The van der Waals surface area contributed by atoms with Crippen molar-refractivity contribution in [3.63, 3.8) is 0 Å². The lowest BCUT2D eigenvalue weighted by atomic mass is 9.97. The minimum Gasteiger partial charge on any atom is -0.339 e. The topological polar surface area (TPSA) is 51.0 Å². The number of rotatable bonds is 7. The van der Waals surface area contributed by atoms with Gasteiger partial charge in [0.15, 0.2) is 5.82 Å². The van der Waals surface area contributed by atoms with Gasteiger partial charge in [0.25, 0.3) is 0 Å². The van der Waals surface area contributed by atoms with Gasteiger partial charge in [-0.25, -0.2) is 0 Å². The molecule has 120 valence electrons. The summed E-state index contributed by atoms with van der Waals surface area (Å²) in [5, 5.41) is 7.85. The molecule has 4 heteroatoms. The van der Waals surface area contributed by atoms with E-state index < -0.39 is 0 Å². The molecule has 0 saturated heterocycles. The van der Waals surface area contributed by atoms with Gasteiger partial charge >= 0.3 is 0 Å². The smallest absolute Gasteiger partial charge is 0.231 e. The maximum atomic E-state index is 5.61. The molecule has 1 heterocycles. The largest absolute Gasteiger partial charge is 0.339 e. The molecule has 1 N–H and O–H groups in total. The summed E-state index contributed by atoms with van der Waals surface area (Å²) in [4.78, 5) is 4.76. The first kappa shape index (κ1) is 16.5. The van der Waals surface area contributed by atoms with Crippen molar-refractivity contribution in [3.8, 4) is 0 Å². The summed E-state index contributed by atoms with van der Waals surface area (Å²) in [6.07, 6.45) is 9.95. The first-order chi connectivity index (χ1) is 10.3. The van der Waals surface area contributed by atoms with E-state index in [1.807, 2.05) is 0 Å². The molecule has 0 spiro atoms. The van der Waals surface area contributed by atoms with Gasteiger partial charge in [0.05, 0.1) is 5.92 Å². The predicted molar refractivity (Wildman–Crippen MR) is 85.5 cm³/mol. The van der Waals surface area contributed by atoms with E-state index in [4.69, 9.17) is 9.51 Å². The van der Waals surface area contributed by atoms with Crippen molar-refractivity contribution in [1.82, 2.24) is 15.5 Å². The molecule has 1 saturated carbocycles. The second-order valence-corrected chi connectivity index (χ2v) is 6.44. The van der Waals surface area contributed by atoms with Crippen molar-refractivity contribution in [2.45, 2.75) is 90.0 Å². The van der Waals surface area contributed by atoms with E-state index in [1.54, 1.807) is 0 Å². The number of hydrogen-bond acceptors (Lipinski definition) is 4. The van der Waals surface area contributed by atoms with Crippen molar-refractivity contribution < 1.29 is 4.52 Å². The van der Waals surface area contributed by atoms with Gasteiger partial charge in [-0.2, -0.15) is 4.98 Å². The number of aromatic nitrogens is 2. The third-order valence-electron chi connectivity index (χ3n) is 4.75. The van der Waals surface area contributed by atoms with Gasteiger partial charge < -0.3 is 9.84 Å². The molecule has 2 unspecified atom stereocenters. The van der Waals surface area contributed by atoms with Crippen molar-refractivity contribution in [2.75, 3.05) is 6.54 Å². The molecular formula is C17H31N3O. The summed E-state index contributed by atoms with van der Waals surface area (Å²) >= 11 is 0. The Bertz CT molecular complexity index is 396. The average molecular weight is 293 g/mol. The van der Waals surface area contributed by atoms with Crippen LogP contribution >= 0.6 is 0 Å². The molecule has 0 radical (unpaired) electrons. The van der Waals surface area contributed by atoms with E-state index in [-0.39, 0.29) is 0 Å². The van der Waals surface area contributed by atoms with Crippen LogP contribution in [0.15, 0.2) is 4.52 Å². The van der Waals surface area contributed by atoms with Crippen molar-refractivity contribution in [1.29, 1.82) is 0 Å². The molecule has 2 atom stereocenters.